The summed E-state index contributed by atoms with van der Waals surface area (Å²) < 4.78 is 5.38. The molecule has 1 aliphatic heterocycles. The molecule has 0 N–H and O–H groups in total. The third kappa shape index (κ3) is 3.63. The van der Waals surface area contributed by atoms with Crippen LogP contribution in [0.1, 0.15) is 43.0 Å². The zero-order valence-corrected chi connectivity index (χ0v) is 12.1. The second-order valence-corrected chi connectivity index (χ2v) is 5.19. The fourth-order valence-electron chi connectivity index (χ4n) is 2.36. The van der Waals surface area contributed by atoms with Gasteiger partial charge in [0.1, 0.15) is 5.75 Å². The van der Waals surface area contributed by atoms with Crippen LogP contribution in [0.15, 0.2) is 18.2 Å². The summed E-state index contributed by atoms with van der Waals surface area (Å²) in [5.41, 5.74) is 0.648. The molecule has 1 fully saturated rings. The van der Waals surface area contributed by atoms with Crippen LogP contribution in [-0.2, 0) is 0 Å². The summed E-state index contributed by atoms with van der Waals surface area (Å²) in [5.74, 6) is 0.712. The summed E-state index contributed by atoms with van der Waals surface area (Å²) in [5, 5.41) is 0.502. The van der Waals surface area contributed by atoms with Crippen molar-refractivity contribution in [3.63, 3.8) is 0 Å². The predicted octanol–water partition coefficient (Wildman–Crippen LogP) is 3.75. The second-order valence-electron chi connectivity index (χ2n) is 4.78. The molecule has 0 atom stereocenters. The highest BCUT2D eigenvalue weighted by molar-refractivity contribution is 6.32. The Morgan fingerprint density at radius 2 is 1.95 bits per heavy atom. The topological polar surface area (TPSA) is 29.5 Å². The van der Waals surface area contributed by atoms with Crippen molar-refractivity contribution in [2.45, 2.75) is 32.6 Å². The number of benzene rings is 1. The van der Waals surface area contributed by atoms with Gasteiger partial charge in [0, 0.05) is 18.7 Å². The maximum absolute atomic E-state index is 12.4. The second kappa shape index (κ2) is 6.80. The summed E-state index contributed by atoms with van der Waals surface area (Å²) >= 11 is 6.13. The Kier molecular flexibility index (Phi) is 5.08. The molecule has 4 heteroatoms. The number of hydrogen-bond donors (Lipinski definition) is 0. The van der Waals surface area contributed by atoms with Crippen LogP contribution in [-0.4, -0.2) is 30.5 Å². The summed E-state index contributed by atoms with van der Waals surface area (Å²) in [6.45, 7) is 4.18. The Morgan fingerprint density at radius 3 is 2.53 bits per heavy atom. The Morgan fingerprint density at radius 1 is 1.26 bits per heavy atom. The number of halogens is 1. The van der Waals surface area contributed by atoms with Gasteiger partial charge in [-0.05, 0) is 38.0 Å². The lowest BCUT2D eigenvalue weighted by atomic mass is 10.2. The van der Waals surface area contributed by atoms with Crippen LogP contribution in [0.2, 0.25) is 5.02 Å². The molecule has 1 aliphatic rings. The standard InChI is InChI=1S/C15H20ClNO2/c1-2-19-14-8-7-12(11-13(14)16)15(18)17-9-5-3-4-6-10-17/h7-8,11H,2-6,9-10H2,1H3. The lowest BCUT2D eigenvalue weighted by Gasteiger charge is -2.20. The molecular formula is C15H20ClNO2. The van der Waals surface area contributed by atoms with Gasteiger partial charge in [0.2, 0.25) is 0 Å². The molecule has 19 heavy (non-hydrogen) atoms. The number of hydrogen-bond acceptors (Lipinski definition) is 2. The Bertz CT molecular complexity index is 440. The van der Waals surface area contributed by atoms with Crippen molar-refractivity contribution in [2.24, 2.45) is 0 Å². The number of ether oxygens (including phenoxy) is 1. The van der Waals surface area contributed by atoms with E-state index in [1.807, 2.05) is 11.8 Å². The smallest absolute Gasteiger partial charge is 0.253 e. The van der Waals surface area contributed by atoms with Gasteiger partial charge in [0.05, 0.1) is 11.6 Å². The molecule has 1 amide bonds. The van der Waals surface area contributed by atoms with E-state index >= 15 is 0 Å². The maximum Gasteiger partial charge on any atom is 0.253 e. The van der Waals surface area contributed by atoms with E-state index in [0.717, 1.165) is 25.9 Å². The average Bonchev–Trinajstić information content (AvgIpc) is 2.69. The molecule has 0 radical (unpaired) electrons. The van der Waals surface area contributed by atoms with E-state index in [2.05, 4.69) is 0 Å². The molecule has 0 aromatic heterocycles. The molecular weight excluding hydrogens is 262 g/mol. The van der Waals surface area contributed by atoms with E-state index in [4.69, 9.17) is 16.3 Å². The summed E-state index contributed by atoms with van der Waals surface area (Å²) in [4.78, 5) is 14.3. The van der Waals surface area contributed by atoms with Crippen LogP contribution in [0, 0.1) is 0 Å². The van der Waals surface area contributed by atoms with Crippen molar-refractivity contribution in [2.75, 3.05) is 19.7 Å². The normalized spacial score (nSPS) is 16.0. The highest BCUT2D eigenvalue weighted by atomic mass is 35.5. The molecule has 2 rings (SSSR count). The van der Waals surface area contributed by atoms with E-state index in [9.17, 15) is 4.79 Å². The Hall–Kier alpha value is -1.22. The van der Waals surface area contributed by atoms with Gasteiger partial charge in [-0.1, -0.05) is 24.4 Å². The van der Waals surface area contributed by atoms with Gasteiger partial charge in [-0.15, -0.1) is 0 Å². The zero-order valence-electron chi connectivity index (χ0n) is 11.3. The number of amides is 1. The molecule has 0 bridgehead atoms. The quantitative estimate of drug-likeness (QED) is 0.844. The molecule has 3 nitrogen and oxygen atoms in total. The van der Waals surface area contributed by atoms with E-state index in [0.29, 0.717) is 22.9 Å². The molecule has 0 aliphatic carbocycles. The van der Waals surface area contributed by atoms with Gasteiger partial charge in [-0.3, -0.25) is 4.79 Å². The number of carbonyl (C=O) groups excluding carboxylic acids is 1. The van der Waals surface area contributed by atoms with Gasteiger partial charge >= 0.3 is 0 Å². The number of nitrogens with zero attached hydrogens (tertiary/aromatic N) is 1. The maximum atomic E-state index is 12.4. The minimum atomic E-state index is 0.0758. The molecule has 0 spiro atoms. The van der Waals surface area contributed by atoms with Gasteiger partial charge in [0.15, 0.2) is 0 Å². The van der Waals surface area contributed by atoms with E-state index in [-0.39, 0.29) is 5.91 Å². The Balaban J connectivity index is 2.12. The average molecular weight is 282 g/mol. The first-order valence-corrected chi connectivity index (χ1v) is 7.32. The highest BCUT2D eigenvalue weighted by Gasteiger charge is 2.18. The van der Waals surface area contributed by atoms with Crippen LogP contribution in [0.3, 0.4) is 0 Å². The number of carbonyl (C=O) groups is 1. The SMILES string of the molecule is CCOc1ccc(C(=O)N2CCCCCC2)cc1Cl. The third-order valence-corrected chi connectivity index (χ3v) is 3.67. The minimum Gasteiger partial charge on any atom is -0.492 e. The lowest BCUT2D eigenvalue weighted by molar-refractivity contribution is 0.0761. The highest BCUT2D eigenvalue weighted by Crippen LogP contribution is 2.26. The molecule has 104 valence electrons. The summed E-state index contributed by atoms with van der Waals surface area (Å²) in [6, 6.07) is 5.28. The van der Waals surface area contributed by atoms with Crippen molar-refractivity contribution in [3.8, 4) is 5.75 Å². The van der Waals surface area contributed by atoms with Crippen LogP contribution in [0.25, 0.3) is 0 Å². The van der Waals surface area contributed by atoms with Crippen molar-refractivity contribution < 1.29 is 9.53 Å². The first-order valence-electron chi connectivity index (χ1n) is 6.94. The van der Waals surface area contributed by atoms with Crippen LogP contribution < -0.4 is 4.74 Å². The van der Waals surface area contributed by atoms with E-state index < -0.39 is 0 Å². The van der Waals surface area contributed by atoms with Gasteiger partial charge in [-0.25, -0.2) is 0 Å². The summed E-state index contributed by atoms with van der Waals surface area (Å²) in [7, 11) is 0. The van der Waals surface area contributed by atoms with E-state index in [1.165, 1.54) is 12.8 Å². The first-order chi connectivity index (χ1) is 9.22. The molecule has 1 heterocycles. The number of likely N-dealkylation sites (tertiary alicyclic amines) is 1. The fourth-order valence-corrected chi connectivity index (χ4v) is 2.60. The van der Waals surface area contributed by atoms with Crippen molar-refractivity contribution in [1.29, 1.82) is 0 Å². The van der Waals surface area contributed by atoms with Crippen molar-refractivity contribution in [3.05, 3.63) is 28.8 Å². The summed E-state index contributed by atoms with van der Waals surface area (Å²) in [6.07, 6.45) is 4.62. The Labute approximate surface area is 119 Å². The van der Waals surface area contributed by atoms with Crippen molar-refractivity contribution in [1.82, 2.24) is 4.90 Å². The third-order valence-electron chi connectivity index (χ3n) is 3.37. The van der Waals surface area contributed by atoms with Crippen LogP contribution in [0.5, 0.6) is 5.75 Å². The molecule has 1 aromatic rings. The van der Waals surface area contributed by atoms with Crippen molar-refractivity contribution >= 4 is 17.5 Å². The van der Waals surface area contributed by atoms with Crippen LogP contribution in [0.4, 0.5) is 0 Å². The van der Waals surface area contributed by atoms with Gasteiger partial charge in [0.25, 0.3) is 5.91 Å². The lowest BCUT2D eigenvalue weighted by Crippen LogP contribution is -2.31. The van der Waals surface area contributed by atoms with Gasteiger partial charge < -0.3 is 9.64 Å². The predicted molar refractivity (Wildman–Crippen MR) is 77.0 cm³/mol. The van der Waals surface area contributed by atoms with Gasteiger partial charge in [-0.2, -0.15) is 0 Å². The minimum absolute atomic E-state index is 0.0758. The monoisotopic (exact) mass is 281 g/mol. The fraction of sp³-hybridized carbons (Fsp3) is 0.533. The number of rotatable bonds is 3. The van der Waals surface area contributed by atoms with E-state index in [1.54, 1.807) is 18.2 Å². The largest absolute Gasteiger partial charge is 0.492 e. The van der Waals surface area contributed by atoms with Crippen LogP contribution >= 0.6 is 11.6 Å². The first kappa shape index (κ1) is 14.2. The molecule has 1 saturated heterocycles. The molecule has 1 aromatic carbocycles. The molecule has 0 saturated carbocycles. The molecule has 0 unspecified atom stereocenters. The zero-order chi connectivity index (χ0) is 13.7.